The molecule has 1 saturated carbocycles. The Kier molecular flexibility index (Phi) is 5.65. The van der Waals surface area contributed by atoms with Gasteiger partial charge in [-0.3, -0.25) is 4.79 Å². The molecule has 2 aliphatic rings. The van der Waals surface area contributed by atoms with Crippen LogP contribution in [0.1, 0.15) is 87.5 Å². The molecule has 1 amide bonds. The molecule has 29 heavy (non-hydrogen) atoms. The SMILES string of the molecule is CCCN(C(=O)c1cc(C2CC2)nc2onc(CC(C)(C)C)c12)C1CCNCC1. The molecule has 2 aromatic rings. The molecule has 3 heterocycles. The van der Waals surface area contributed by atoms with Gasteiger partial charge in [0.25, 0.3) is 11.6 Å². The van der Waals surface area contributed by atoms with Gasteiger partial charge in [-0.2, -0.15) is 0 Å². The van der Waals surface area contributed by atoms with Crippen LogP contribution in [0, 0.1) is 5.41 Å². The summed E-state index contributed by atoms with van der Waals surface area (Å²) >= 11 is 0. The van der Waals surface area contributed by atoms with Gasteiger partial charge in [0.05, 0.1) is 16.6 Å². The molecule has 0 atom stereocenters. The van der Waals surface area contributed by atoms with Crippen LogP contribution in [0.3, 0.4) is 0 Å². The van der Waals surface area contributed by atoms with Crippen molar-refractivity contribution in [2.24, 2.45) is 5.41 Å². The molecule has 2 aromatic heterocycles. The first kappa shape index (κ1) is 20.3. The van der Waals surface area contributed by atoms with Crippen LogP contribution in [-0.4, -0.2) is 46.6 Å². The molecule has 1 aliphatic carbocycles. The minimum atomic E-state index is 0.0530. The van der Waals surface area contributed by atoms with E-state index in [4.69, 9.17) is 9.51 Å². The molecular formula is C23H34N4O2. The van der Waals surface area contributed by atoms with Crippen LogP contribution in [0.4, 0.5) is 0 Å². The number of pyridine rings is 1. The van der Waals surface area contributed by atoms with Crippen molar-refractivity contribution in [1.29, 1.82) is 0 Å². The Morgan fingerprint density at radius 3 is 2.59 bits per heavy atom. The number of nitrogens with zero attached hydrogens (tertiary/aromatic N) is 3. The largest absolute Gasteiger partial charge is 0.336 e. The molecule has 0 radical (unpaired) electrons. The molecule has 0 spiro atoms. The Labute approximate surface area is 173 Å². The summed E-state index contributed by atoms with van der Waals surface area (Å²) in [6, 6.07) is 2.33. The number of rotatable bonds is 6. The zero-order chi connectivity index (χ0) is 20.6. The summed E-state index contributed by atoms with van der Waals surface area (Å²) in [6.45, 7) is 11.4. The third-order valence-corrected chi connectivity index (χ3v) is 5.94. The average Bonchev–Trinajstić information content (AvgIpc) is 3.47. The van der Waals surface area contributed by atoms with E-state index in [0.29, 0.717) is 17.7 Å². The molecule has 0 aromatic carbocycles. The summed E-state index contributed by atoms with van der Waals surface area (Å²) in [5.41, 5.74) is 3.16. The minimum absolute atomic E-state index is 0.0530. The van der Waals surface area contributed by atoms with Crippen LogP contribution in [0.15, 0.2) is 10.6 Å². The first-order valence-electron chi connectivity index (χ1n) is 11.2. The van der Waals surface area contributed by atoms with E-state index in [9.17, 15) is 4.79 Å². The summed E-state index contributed by atoms with van der Waals surface area (Å²) < 4.78 is 5.65. The zero-order valence-electron chi connectivity index (χ0n) is 18.3. The predicted octanol–water partition coefficient (Wildman–Crippen LogP) is 4.29. The quantitative estimate of drug-likeness (QED) is 0.786. The molecule has 0 unspecified atom stereocenters. The van der Waals surface area contributed by atoms with Crippen molar-refractivity contribution in [1.82, 2.24) is 20.4 Å². The fourth-order valence-corrected chi connectivity index (χ4v) is 4.37. The van der Waals surface area contributed by atoms with Crippen LogP contribution in [-0.2, 0) is 6.42 Å². The van der Waals surface area contributed by atoms with E-state index in [-0.39, 0.29) is 11.3 Å². The molecule has 6 nitrogen and oxygen atoms in total. The average molecular weight is 399 g/mol. The number of carbonyl (C=O) groups excluding carboxylic acids is 1. The van der Waals surface area contributed by atoms with Crippen LogP contribution in [0.5, 0.6) is 0 Å². The lowest BCUT2D eigenvalue weighted by Gasteiger charge is -2.35. The van der Waals surface area contributed by atoms with Crippen LogP contribution in [0.2, 0.25) is 0 Å². The fraction of sp³-hybridized carbons (Fsp3) is 0.696. The summed E-state index contributed by atoms with van der Waals surface area (Å²) in [5, 5.41) is 8.58. The highest BCUT2D eigenvalue weighted by Crippen LogP contribution is 2.41. The smallest absolute Gasteiger partial charge is 0.259 e. The highest BCUT2D eigenvalue weighted by Gasteiger charge is 2.33. The lowest BCUT2D eigenvalue weighted by Crippen LogP contribution is -2.46. The van der Waals surface area contributed by atoms with Gasteiger partial charge < -0.3 is 14.7 Å². The van der Waals surface area contributed by atoms with E-state index in [2.05, 4.69) is 43.1 Å². The highest BCUT2D eigenvalue weighted by atomic mass is 16.5. The molecular weight excluding hydrogens is 364 g/mol. The highest BCUT2D eigenvalue weighted by molar-refractivity contribution is 6.06. The topological polar surface area (TPSA) is 71.3 Å². The normalized spacial score (nSPS) is 18.3. The van der Waals surface area contributed by atoms with Gasteiger partial charge in [-0.1, -0.05) is 32.9 Å². The number of piperidine rings is 1. The Hall–Kier alpha value is -1.95. The predicted molar refractivity (Wildman–Crippen MR) is 114 cm³/mol. The van der Waals surface area contributed by atoms with E-state index in [1.807, 2.05) is 6.07 Å². The molecule has 158 valence electrons. The molecule has 0 bridgehead atoms. The van der Waals surface area contributed by atoms with Crippen molar-refractivity contribution in [2.45, 2.75) is 78.2 Å². The van der Waals surface area contributed by atoms with Crippen molar-refractivity contribution in [3.8, 4) is 0 Å². The summed E-state index contributed by atoms with van der Waals surface area (Å²) in [4.78, 5) is 20.7. The van der Waals surface area contributed by atoms with E-state index in [1.54, 1.807) is 0 Å². The first-order valence-corrected chi connectivity index (χ1v) is 11.2. The van der Waals surface area contributed by atoms with Crippen LogP contribution >= 0.6 is 0 Å². The van der Waals surface area contributed by atoms with Gasteiger partial charge in [0.1, 0.15) is 0 Å². The molecule has 2 fully saturated rings. The standard InChI is InChI=1S/C23H34N4O2/c1-5-12-27(16-8-10-24-11-9-16)22(28)17-13-18(15-6-7-15)25-21-20(17)19(26-29-21)14-23(2,3)4/h13,15-16,24H,5-12,14H2,1-4H3. The van der Waals surface area contributed by atoms with Crippen molar-refractivity contribution in [3.63, 3.8) is 0 Å². The summed E-state index contributed by atoms with van der Waals surface area (Å²) in [6.07, 6.45) is 6.01. The van der Waals surface area contributed by atoms with Crippen molar-refractivity contribution < 1.29 is 9.32 Å². The molecule has 1 N–H and O–H groups in total. The summed E-state index contributed by atoms with van der Waals surface area (Å²) in [5.74, 6) is 0.576. The second-order valence-electron chi connectivity index (χ2n) is 9.90. The minimum Gasteiger partial charge on any atom is -0.336 e. The monoisotopic (exact) mass is 398 g/mol. The molecule has 1 saturated heterocycles. The van der Waals surface area contributed by atoms with Crippen molar-refractivity contribution in [3.05, 3.63) is 23.0 Å². The van der Waals surface area contributed by atoms with E-state index >= 15 is 0 Å². The number of fused-ring (bicyclic) bond motifs is 1. The second-order valence-corrected chi connectivity index (χ2v) is 9.90. The first-order chi connectivity index (χ1) is 13.9. The summed E-state index contributed by atoms with van der Waals surface area (Å²) in [7, 11) is 0. The van der Waals surface area contributed by atoms with E-state index < -0.39 is 0 Å². The van der Waals surface area contributed by atoms with Crippen LogP contribution < -0.4 is 5.32 Å². The number of nitrogens with one attached hydrogen (secondary N) is 1. The molecule has 1 aliphatic heterocycles. The van der Waals surface area contributed by atoms with E-state index in [0.717, 1.165) is 80.5 Å². The van der Waals surface area contributed by atoms with Gasteiger partial charge in [-0.25, -0.2) is 4.98 Å². The lowest BCUT2D eigenvalue weighted by atomic mass is 9.89. The van der Waals surface area contributed by atoms with Gasteiger partial charge in [0.2, 0.25) is 0 Å². The number of aromatic nitrogens is 2. The van der Waals surface area contributed by atoms with Gasteiger partial charge in [-0.15, -0.1) is 0 Å². The third-order valence-electron chi connectivity index (χ3n) is 5.94. The van der Waals surface area contributed by atoms with Gasteiger partial charge >= 0.3 is 0 Å². The van der Waals surface area contributed by atoms with Crippen LogP contribution in [0.25, 0.3) is 11.1 Å². The third kappa shape index (κ3) is 4.47. The maximum Gasteiger partial charge on any atom is 0.259 e. The van der Waals surface area contributed by atoms with Crippen molar-refractivity contribution >= 4 is 17.0 Å². The Morgan fingerprint density at radius 2 is 1.97 bits per heavy atom. The Morgan fingerprint density at radius 1 is 1.24 bits per heavy atom. The zero-order valence-corrected chi connectivity index (χ0v) is 18.3. The number of amides is 1. The second kappa shape index (κ2) is 8.05. The number of carbonyl (C=O) groups is 1. The van der Waals surface area contributed by atoms with Gasteiger partial charge in [-0.05, 0) is 63.1 Å². The fourth-order valence-electron chi connectivity index (χ4n) is 4.37. The maximum absolute atomic E-state index is 13.9. The Bertz CT molecular complexity index is 873. The van der Waals surface area contributed by atoms with Crippen molar-refractivity contribution in [2.75, 3.05) is 19.6 Å². The number of hydrogen-bond acceptors (Lipinski definition) is 5. The Balaban J connectivity index is 1.78. The molecule has 6 heteroatoms. The van der Waals surface area contributed by atoms with Gasteiger partial charge in [0.15, 0.2) is 0 Å². The lowest BCUT2D eigenvalue weighted by molar-refractivity contribution is 0.0644. The van der Waals surface area contributed by atoms with Gasteiger partial charge in [0, 0.05) is 24.2 Å². The number of hydrogen-bond donors (Lipinski definition) is 1. The maximum atomic E-state index is 13.9. The van der Waals surface area contributed by atoms with E-state index in [1.165, 1.54) is 0 Å². The molecule has 4 rings (SSSR count).